The van der Waals surface area contributed by atoms with Crippen molar-refractivity contribution in [3.05, 3.63) is 29.8 Å². The number of nitrogens with zero attached hydrogens (tertiary/aromatic N) is 1. The third-order valence-electron chi connectivity index (χ3n) is 3.84. The van der Waals surface area contributed by atoms with Crippen molar-refractivity contribution in [3.63, 3.8) is 0 Å². The van der Waals surface area contributed by atoms with Gasteiger partial charge in [-0.2, -0.15) is 13.2 Å². The summed E-state index contributed by atoms with van der Waals surface area (Å²) in [7, 11) is 0. The van der Waals surface area contributed by atoms with E-state index in [1.165, 1.54) is 0 Å². The quantitative estimate of drug-likeness (QED) is 0.827. The van der Waals surface area contributed by atoms with Crippen molar-refractivity contribution < 1.29 is 22.8 Å². The lowest BCUT2D eigenvalue weighted by atomic mass is 9.96. The van der Waals surface area contributed by atoms with Crippen LogP contribution < -0.4 is 5.32 Å². The summed E-state index contributed by atoms with van der Waals surface area (Å²) in [5.41, 5.74) is 0.459. The van der Waals surface area contributed by atoms with Crippen molar-refractivity contribution in [3.8, 4) is 0 Å². The topological polar surface area (TPSA) is 49.4 Å². The zero-order valence-electron chi connectivity index (χ0n) is 12.3. The number of piperidine rings is 1. The summed E-state index contributed by atoms with van der Waals surface area (Å²) in [6, 6.07) is 6.86. The Hall–Kier alpha value is -1.70. The number of alkyl halides is 3. The molecule has 0 saturated carbocycles. The lowest BCUT2D eigenvalue weighted by Crippen LogP contribution is -2.46. The molecule has 23 heavy (non-hydrogen) atoms. The Morgan fingerprint density at radius 2 is 1.83 bits per heavy atom. The second-order valence-electron chi connectivity index (χ2n) is 5.46. The average molecular weight is 346 g/mol. The first kappa shape index (κ1) is 17.7. The van der Waals surface area contributed by atoms with E-state index in [2.05, 4.69) is 17.9 Å². The minimum Gasteiger partial charge on any atom is -0.352 e. The Labute approximate surface area is 137 Å². The number of nitrogens with one attached hydrogen (secondary N) is 1. The van der Waals surface area contributed by atoms with Gasteiger partial charge in [-0.15, -0.1) is 12.6 Å². The standard InChI is InChI=1S/C15H17F3N2O2S/c16-15(17,18)14(22)20-7-5-10(6-8-20)9-19-13(21)11-3-1-2-4-12(11)23/h1-4,10,23H,5-9H2,(H,19,21). The van der Waals surface area contributed by atoms with Gasteiger partial charge < -0.3 is 10.2 Å². The van der Waals surface area contributed by atoms with Gasteiger partial charge >= 0.3 is 12.1 Å². The average Bonchev–Trinajstić information content (AvgIpc) is 2.52. The number of amides is 2. The van der Waals surface area contributed by atoms with Crippen molar-refractivity contribution in [2.45, 2.75) is 23.9 Å². The molecule has 2 rings (SSSR count). The van der Waals surface area contributed by atoms with Gasteiger partial charge in [0.2, 0.25) is 0 Å². The highest BCUT2D eigenvalue weighted by Crippen LogP contribution is 2.23. The summed E-state index contributed by atoms with van der Waals surface area (Å²) in [5.74, 6) is -1.99. The second kappa shape index (κ2) is 7.25. The molecule has 0 bridgehead atoms. The Bertz CT molecular complexity index is 584. The number of halogens is 3. The molecule has 1 aliphatic rings. The fraction of sp³-hybridized carbons (Fsp3) is 0.467. The normalized spacial score (nSPS) is 16.3. The molecule has 0 atom stereocenters. The summed E-state index contributed by atoms with van der Waals surface area (Å²) in [6.45, 7) is 0.485. The van der Waals surface area contributed by atoms with Crippen molar-refractivity contribution in [2.75, 3.05) is 19.6 Å². The highest BCUT2D eigenvalue weighted by Gasteiger charge is 2.43. The molecule has 1 heterocycles. The summed E-state index contributed by atoms with van der Waals surface area (Å²) in [4.78, 5) is 24.6. The van der Waals surface area contributed by atoms with E-state index in [9.17, 15) is 22.8 Å². The number of rotatable bonds is 3. The van der Waals surface area contributed by atoms with E-state index in [1.807, 2.05) is 0 Å². The number of carbonyl (C=O) groups is 2. The first-order chi connectivity index (χ1) is 10.8. The molecule has 8 heteroatoms. The third kappa shape index (κ3) is 4.63. The Kier molecular flexibility index (Phi) is 5.56. The van der Waals surface area contributed by atoms with Crippen LogP contribution in [-0.2, 0) is 4.79 Å². The van der Waals surface area contributed by atoms with Crippen LogP contribution in [0.2, 0.25) is 0 Å². The monoisotopic (exact) mass is 346 g/mol. The predicted octanol–water partition coefficient (Wildman–Crippen LogP) is 2.51. The minimum absolute atomic E-state index is 0.0576. The van der Waals surface area contributed by atoms with Gasteiger partial charge in [-0.25, -0.2) is 0 Å². The molecule has 0 aliphatic carbocycles. The highest BCUT2D eigenvalue weighted by molar-refractivity contribution is 7.80. The molecule has 1 aromatic carbocycles. The zero-order chi connectivity index (χ0) is 17.0. The van der Waals surface area contributed by atoms with Crippen LogP contribution in [0.4, 0.5) is 13.2 Å². The van der Waals surface area contributed by atoms with Crippen LogP contribution in [0.5, 0.6) is 0 Å². The van der Waals surface area contributed by atoms with Gasteiger partial charge in [-0.05, 0) is 30.9 Å². The molecule has 4 nitrogen and oxygen atoms in total. The molecule has 1 N–H and O–H groups in total. The Morgan fingerprint density at radius 1 is 1.22 bits per heavy atom. The number of hydrogen-bond donors (Lipinski definition) is 2. The van der Waals surface area contributed by atoms with Gasteiger partial charge in [0.15, 0.2) is 0 Å². The van der Waals surface area contributed by atoms with Crippen molar-refractivity contribution in [1.82, 2.24) is 10.2 Å². The summed E-state index contributed by atoms with van der Waals surface area (Å²) in [5, 5.41) is 2.77. The molecule has 1 fully saturated rings. The van der Waals surface area contributed by atoms with Crippen molar-refractivity contribution in [1.29, 1.82) is 0 Å². The first-order valence-corrected chi connectivity index (χ1v) is 7.66. The van der Waals surface area contributed by atoms with Gasteiger partial charge in [0.1, 0.15) is 0 Å². The van der Waals surface area contributed by atoms with E-state index >= 15 is 0 Å². The third-order valence-corrected chi connectivity index (χ3v) is 4.23. The van der Waals surface area contributed by atoms with Crippen LogP contribution in [0.15, 0.2) is 29.2 Å². The van der Waals surface area contributed by atoms with E-state index in [1.54, 1.807) is 24.3 Å². The zero-order valence-corrected chi connectivity index (χ0v) is 13.2. The van der Waals surface area contributed by atoms with Gasteiger partial charge in [-0.3, -0.25) is 9.59 Å². The van der Waals surface area contributed by atoms with E-state index in [4.69, 9.17) is 0 Å². The molecule has 1 saturated heterocycles. The van der Waals surface area contributed by atoms with E-state index < -0.39 is 12.1 Å². The lowest BCUT2D eigenvalue weighted by Gasteiger charge is -2.32. The first-order valence-electron chi connectivity index (χ1n) is 7.21. The summed E-state index contributed by atoms with van der Waals surface area (Å²) >= 11 is 4.21. The Balaban J connectivity index is 1.80. The van der Waals surface area contributed by atoms with Gasteiger partial charge in [-0.1, -0.05) is 12.1 Å². The second-order valence-corrected chi connectivity index (χ2v) is 5.94. The van der Waals surface area contributed by atoms with E-state index in [0.29, 0.717) is 29.8 Å². The SMILES string of the molecule is O=C(NCC1CCN(C(=O)C(F)(F)F)CC1)c1ccccc1S. The molecule has 2 amide bonds. The van der Waals surface area contributed by atoms with Crippen LogP contribution in [0.3, 0.4) is 0 Å². The molecule has 126 valence electrons. The molecular weight excluding hydrogens is 329 g/mol. The number of carbonyl (C=O) groups excluding carboxylic acids is 2. The van der Waals surface area contributed by atoms with Crippen LogP contribution in [0.1, 0.15) is 23.2 Å². The maximum Gasteiger partial charge on any atom is 0.471 e. The fourth-order valence-electron chi connectivity index (χ4n) is 2.52. The smallest absolute Gasteiger partial charge is 0.352 e. The van der Waals surface area contributed by atoms with Crippen LogP contribution in [-0.4, -0.2) is 42.5 Å². The van der Waals surface area contributed by atoms with Crippen LogP contribution in [0.25, 0.3) is 0 Å². The minimum atomic E-state index is -4.82. The van der Waals surface area contributed by atoms with Gasteiger partial charge in [0.05, 0.1) is 5.56 Å². The molecule has 1 aromatic rings. The Morgan fingerprint density at radius 3 is 2.39 bits per heavy atom. The summed E-state index contributed by atoms with van der Waals surface area (Å²) < 4.78 is 37.1. The maximum atomic E-state index is 12.4. The van der Waals surface area contributed by atoms with E-state index in [0.717, 1.165) is 4.90 Å². The van der Waals surface area contributed by atoms with E-state index in [-0.39, 0.29) is 24.9 Å². The van der Waals surface area contributed by atoms with Crippen LogP contribution >= 0.6 is 12.6 Å². The number of likely N-dealkylation sites (tertiary alicyclic amines) is 1. The van der Waals surface area contributed by atoms with Crippen molar-refractivity contribution in [2.24, 2.45) is 5.92 Å². The molecule has 0 unspecified atom stereocenters. The molecule has 0 spiro atoms. The maximum absolute atomic E-state index is 12.4. The van der Waals surface area contributed by atoms with Crippen LogP contribution in [0, 0.1) is 5.92 Å². The number of thiol groups is 1. The molecule has 0 aromatic heterocycles. The highest BCUT2D eigenvalue weighted by atomic mass is 32.1. The lowest BCUT2D eigenvalue weighted by molar-refractivity contribution is -0.186. The van der Waals surface area contributed by atoms with Gasteiger partial charge in [0.25, 0.3) is 5.91 Å². The molecular formula is C15H17F3N2O2S. The predicted molar refractivity (Wildman–Crippen MR) is 81.4 cm³/mol. The van der Waals surface area contributed by atoms with Crippen molar-refractivity contribution >= 4 is 24.4 Å². The molecule has 1 aliphatic heterocycles. The number of hydrogen-bond acceptors (Lipinski definition) is 3. The largest absolute Gasteiger partial charge is 0.471 e. The number of benzene rings is 1. The fourth-order valence-corrected chi connectivity index (χ4v) is 2.78. The molecule has 0 radical (unpaired) electrons. The van der Waals surface area contributed by atoms with Gasteiger partial charge in [0, 0.05) is 24.5 Å². The summed E-state index contributed by atoms with van der Waals surface area (Å²) in [6.07, 6.45) is -3.95.